The van der Waals surface area contributed by atoms with E-state index in [1.54, 1.807) is 11.3 Å². The Morgan fingerprint density at radius 1 is 1.43 bits per heavy atom. The van der Waals surface area contributed by atoms with Gasteiger partial charge in [0, 0.05) is 11.4 Å². The molecule has 1 unspecified atom stereocenters. The largest absolute Gasteiger partial charge is 0.480 e. The molecule has 0 aromatic carbocycles. The molecule has 1 amide bonds. The highest BCUT2D eigenvalue weighted by Gasteiger charge is 2.44. The fourth-order valence-electron chi connectivity index (χ4n) is 3.18. The molecule has 114 valence electrons. The number of nitrogens with one attached hydrogen (secondary N) is 1. The topological polar surface area (TPSA) is 69.6 Å². The first-order chi connectivity index (χ1) is 10.1. The predicted molar refractivity (Wildman–Crippen MR) is 80.2 cm³/mol. The third-order valence-corrected chi connectivity index (χ3v) is 5.61. The zero-order chi connectivity index (χ0) is 14.9. The second kappa shape index (κ2) is 5.77. The van der Waals surface area contributed by atoms with E-state index in [-0.39, 0.29) is 18.5 Å². The summed E-state index contributed by atoms with van der Waals surface area (Å²) < 4.78 is 0. The average molecular weight is 308 g/mol. The standard InChI is InChI=1S/C15H20N2O3S/c18-13(10-16-15(14(19)20)6-3-7-15)17-8-1-4-11(17)12-5-2-9-21-12/h2,5,9,11,16H,1,3-4,6-8,10H2,(H,19,20). The zero-order valence-corrected chi connectivity index (χ0v) is 12.7. The van der Waals surface area contributed by atoms with Gasteiger partial charge in [-0.1, -0.05) is 6.07 Å². The van der Waals surface area contributed by atoms with Crippen LogP contribution in [0.4, 0.5) is 0 Å². The minimum Gasteiger partial charge on any atom is -0.480 e. The van der Waals surface area contributed by atoms with Crippen LogP contribution in [-0.2, 0) is 9.59 Å². The van der Waals surface area contributed by atoms with E-state index in [2.05, 4.69) is 11.4 Å². The number of carbonyl (C=O) groups excluding carboxylic acids is 1. The number of likely N-dealkylation sites (tertiary alicyclic amines) is 1. The SMILES string of the molecule is O=C(CNC1(C(=O)O)CCC1)N1CCCC1c1cccs1. The Labute approximate surface area is 128 Å². The molecule has 5 nitrogen and oxygen atoms in total. The van der Waals surface area contributed by atoms with Crippen molar-refractivity contribution in [2.24, 2.45) is 0 Å². The molecule has 0 spiro atoms. The van der Waals surface area contributed by atoms with Crippen LogP contribution in [0.5, 0.6) is 0 Å². The normalized spacial score (nSPS) is 23.8. The summed E-state index contributed by atoms with van der Waals surface area (Å²) >= 11 is 1.68. The smallest absolute Gasteiger partial charge is 0.323 e. The Kier molecular flexibility index (Phi) is 3.99. The molecule has 2 aliphatic rings. The van der Waals surface area contributed by atoms with Crippen molar-refractivity contribution in [3.8, 4) is 0 Å². The molecule has 1 atom stereocenters. The summed E-state index contributed by atoms with van der Waals surface area (Å²) in [5, 5.41) is 14.3. The Morgan fingerprint density at radius 2 is 2.24 bits per heavy atom. The van der Waals surface area contributed by atoms with Crippen LogP contribution in [0.2, 0.25) is 0 Å². The predicted octanol–water partition coefficient (Wildman–Crippen LogP) is 2.01. The lowest BCUT2D eigenvalue weighted by Crippen LogP contribution is -2.59. The molecule has 2 heterocycles. The molecule has 0 bridgehead atoms. The first-order valence-corrected chi connectivity index (χ1v) is 8.32. The van der Waals surface area contributed by atoms with Crippen molar-refractivity contribution < 1.29 is 14.7 Å². The molecule has 1 saturated heterocycles. The van der Waals surface area contributed by atoms with Crippen molar-refractivity contribution >= 4 is 23.2 Å². The third kappa shape index (κ3) is 2.70. The lowest BCUT2D eigenvalue weighted by atomic mass is 9.77. The van der Waals surface area contributed by atoms with Gasteiger partial charge in [0.1, 0.15) is 5.54 Å². The van der Waals surface area contributed by atoms with Gasteiger partial charge in [0.15, 0.2) is 0 Å². The number of rotatable bonds is 5. The van der Waals surface area contributed by atoms with Crippen LogP contribution in [0.1, 0.15) is 43.0 Å². The molecule has 21 heavy (non-hydrogen) atoms. The van der Waals surface area contributed by atoms with Gasteiger partial charge in [-0.05, 0) is 43.6 Å². The molecule has 1 aromatic heterocycles. The van der Waals surface area contributed by atoms with Crippen LogP contribution in [0, 0.1) is 0 Å². The van der Waals surface area contributed by atoms with E-state index in [9.17, 15) is 14.7 Å². The van der Waals surface area contributed by atoms with Gasteiger partial charge in [-0.25, -0.2) is 0 Å². The maximum atomic E-state index is 12.4. The molecule has 2 fully saturated rings. The molecule has 0 radical (unpaired) electrons. The minimum absolute atomic E-state index is 0.0124. The zero-order valence-electron chi connectivity index (χ0n) is 11.9. The van der Waals surface area contributed by atoms with Crippen LogP contribution >= 0.6 is 11.3 Å². The molecule has 1 saturated carbocycles. The number of carboxylic acids is 1. The van der Waals surface area contributed by atoms with Crippen molar-refractivity contribution in [2.75, 3.05) is 13.1 Å². The molecule has 1 aliphatic heterocycles. The number of carboxylic acid groups (broad SMARTS) is 1. The number of nitrogens with zero attached hydrogens (tertiary/aromatic N) is 1. The molecule has 1 aromatic rings. The fourth-order valence-corrected chi connectivity index (χ4v) is 4.06. The van der Waals surface area contributed by atoms with Crippen molar-refractivity contribution in [3.05, 3.63) is 22.4 Å². The Bertz CT molecular complexity index is 525. The maximum absolute atomic E-state index is 12.4. The number of amides is 1. The molecule has 6 heteroatoms. The van der Waals surface area contributed by atoms with Crippen LogP contribution in [0.15, 0.2) is 17.5 Å². The molecule has 1 aliphatic carbocycles. The van der Waals surface area contributed by atoms with Crippen LogP contribution < -0.4 is 5.32 Å². The summed E-state index contributed by atoms with van der Waals surface area (Å²) in [6.07, 6.45) is 4.15. The number of aliphatic carboxylic acids is 1. The lowest BCUT2D eigenvalue weighted by molar-refractivity contribution is -0.149. The van der Waals surface area contributed by atoms with Gasteiger partial charge >= 0.3 is 5.97 Å². The number of carbonyl (C=O) groups is 2. The second-order valence-electron chi connectivity index (χ2n) is 5.85. The van der Waals surface area contributed by atoms with E-state index < -0.39 is 11.5 Å². The highest BCUT2D eigenvalue weighted by atomic mass is 32.1. The number of hydrogen-bond donors (Lipinski definition) is 2. The van der Waals surface area contributed by atoms with Gasteiger partial charge in [-0.15, -0.1) is 11.3 Å². The summed E-state index contributed by atoms with van der Waals surface area (Å²) in [5.41, 5.74) is -0.867. The summed E-state index contributed by atoms with van der Waals surface area (Å²) in [5.74, 6) is -0.823. The Hall–Kier alpha value is -1.40. The van der Waals surface area contributed by atoms with Crippen LogP contribution in [0.25, 0.3) is 0 Å². The highest BCUT2D eigenvalue weighted by molar-refractivity contribution is 7.10. The van der Waals surface area contributed by atoms with Gasteiger partial charge in [-0.2, -0.15) is 0 Å². The van der Waals surface area contributed by atoms with Crippen molar-refractivity contribution in [2.45, 2.75) is 43.7 Å². The minimum atomic E-state index is -0.867. The van der Waals surface area contributed by atoms with Crippen molar-refractivity contribution in [3.63, 3.8) is 0 Å². The summed E-state index contributed by atoms with van der Waals surface area (Å²) in [6.45, 7) is 0.886. The Morgan fingerprint density at radius 3 is 2.81 bits per heavy atom. The quantitative estimate of drug-likeness (QED) is 0.873. The summed E-state index contributed by atoms with van der Waals surface area (Å²) in [7, 11) is 0. The summed E-state index contributed by atoms with van der Waals surface area (Å²) in [6, 6.07) is 4.24. The Balaban J connectivity index is 1.61. The van der Waals surface area contributed by atoms with Crippen LogP contribution in [0.3, 0.4) is 0 Å². The number of hydrogen-bond acceptors (Lipinski definition) is 4. The monoisotopic (exact) mass is 308 g/mol. The van der Waals surface area contributed by atoms with E-state index >= 15 is 0 Å². The highest BCUT2D eigenvalue weighted by Crippen LogP contribution is 2.35. The van der Waals surface area contributed by atoms with Gasteiger partial charge in [-0.3, -0.25) is 14.9 Å². The average Bonchev–Trinajstić information content (AvgIpc) is 3.07. The molecule has 3 rings (SSSR count). The molecule has 2 N–H and O–H groups in total. The second-order valence-corrected chi connectivity index (χ2v) is 6.83. The van der Waals surface area contributed by atoms with Crippen molar-refractivity contribution in [1.29, 1.82) is 0 Å². The van der Waals surface area contributed by atoms with E-state index in [0.29, 0.717) is 12.8 Å². The number of thiophene rings is 1. The van der Waals surface area contributed by atoms with E-state index in [1.165, 1.54) is 4.88 Å². The van der Waals surface area contributed by atoms with Gasteiger partial charge in [0.2, 0.25) is 5.91 Å². The van der Waals surface area contributed by atoms with Gasteiger partial charge in [0.05, 0.1) is 12.6 Å². The lowest BCUT2D eigenvalue weighted by Gasteiger charge is -2.38. The van der Waals surface area contributed by atoms with E-state index in [4.69, 9.17) is 0 Å². The fraction of sp³-hybridized carbons (Fsp3) is 0.600. The van der Waals surface area contributed by atoms with E-state index in [1.807, 2.05) is 16.3 Å². The molecular weight excluding hydrogens is 288 g/mol. The maximum Gasteiger partial charge on any atom is 0.323 e. The van der Waals surface area contributed by atoms with Gasteiger partial charge < -0.3 is 10.0 Å². The first kappa shape index (κ1) is 14.5. The first-order valence-electron chi connectivity index (χ1n) is 7.44. The third-order valence-electron chi connectivity index (χ3n) is 4.64. The van der Waals surface area contributed by atoms with Crippen LogP contribution in [-0.4, -0.2) is 40.5 Å². The van der Waals surface area contributed by atoms with Gasteiger partial charge in [0.25, 0.3) is 0 Å². The van der Waals surface area contributed by atoms with Crippen molar-refractivity contribution in [1.82, 2.24) is 10.2 Å². The van der Waals surface area contributed by atoms with E-state index in [0.717, 1.165) is 25.8 Å². The summed E-state index contributed by atoms with van der Waals surface area (Å²) in [4.78, 5) is 26.9. The molecular formula is C15H20N2O3S.